The van der Waals surface area contributed by atoms with E-state index in [0.717, 1.165) is 38.4 Å². The predicted octanol–water partition coefficient (Wildman–Crippen LogP) is 2.18. The third kappa shape index (κ3) is 5.31. The number of aldehydes is 1. The van der Waals surface area contributed by atoms with E-state index >= 15 is 0 Å². The summed E-state index contributed by atoms with van der Waals surface area (Å²) >= 11 is 0. The molecular formula is C13H23NO3. The molecule has 0 unspecified atom stereocenters. The number of carbonyl (C=O) groups excluding carboxylic acids is 2. The smallest absolute Gasteiger partial charge is 0.233 e. The Morgan fingerprint density at radius 3 is 2.18 bits per heavy atom. The number of amides is 1. The molecule has 0 aliphatic heterocycles. The van der Waals surface area contributed by atoms with Crippen molar-refractivity contribution in [2.45, 2.75) is 52.1 Å². The largest absolute Gasteiger partial charge is 0.303 e. The van der Waals surface area contributed by atoms with Gasteiger partial charge in [0.25, 0.3) is 0 Å². The van der Waals surface area contributed by atoms with E-state index in [9.17, 15) is 9.59 Å². The molecule has 0 bridgehead atoms. The van der Waals surface area contributed by atoms with E-state index in [1.807, 2.05) is 20.8 Å². The number of hydrogen-bond donors (Lipinski definition) is 0. The molecule has 4 nitrogen and oxygen atoms in total. The molecule has 0 saturated heterocycles. The minimum atomic E-state index is -0.346. The molecule has 98 valence electrons. The minimum absolute atomic E-state index is 0.222. The quantitative estimate of drug-likeness (QED) is 0.547. The number of hydroxylamine groups is 2. The van der Waals surface area contributed by atoms with Gasteiger partial charge in [-0.2, -0.15) is 0 Å². The van der Waals surface area contributed by atoms with E-state index in [-0.39, 0.29) is 11.5 Å². The molecule has 0 spiro atoms. The first-order valence-electron chi connectivity index (χ1n) is 6.31. The molecule has 1 fully saturated rings. The van der Waals surface area contributed by atoms with Crippen LogP contribution in [-0.2, 0) is 14.4 Å². The van der Waals surface area contributed by atoms with Gasteiger partial charge in [0.15, 0.2) is 0 Å². The second kappa shape index (κ2) is 6.15. The third-order valence-electron chi connectivity index (χ3n) is 3.03. The lowest BCUT2D eigenvalue weighted by Crippen LogP contribution is -2.37. The van der Waals surface area contributed by atoms with Crippen LogP contribution >= 0.6 is 0 Å². The Bertz CT molecular complexity index is 252. The monoisotopic (exact) mass is 241 g/mol. The highest BCUT2D eigenvalue weighted by Crippen LogP contribution is 2.28. The van der Waals surface area contributed by atoms with Crippen LogP contribution in [-0.4, -0.2) is 29.9 Å². The molecule has 0 heterocycles. The van der Waals surface area contributed by atoms with Crippen molar-refractivity contribution in [2.24, 2.45) is 11.8 Å². The summed E-state index contributed by atoms with van der Waals surface area (Å²) in [6.07, 6.45) is 5.69. The number of rotatable bonds is 5. The van der Waals surface area contributed by atoms with Crippen molar-refractivity contribution in [3.63, 3.8) is 0 Å². The van der Waals surface area contributed by atoms with Gasteiger partial charge >= 0.3 is 0 Å². The molecular weight excluding hydrogens is 218 g/mol. The van der Waals surface area contributed by atoms with Crippen molar-refractivity contribution in [1.29, 1.82) is 0 Å². The molecule has 4 heteroatoms. The second-order valence-corrected chi connectivity index (χ2v) is 5.83. The van der Waals surface area contributed by atoms with Crippen LogP contribution in [0.3, 0.4) is 0 Å². The summed E-state index contributed by atoms with van der Waals surface area (Å²) in [5.74, 6) is 0.679. The third-order valence-corrected chi connectivity index (χ3v) is 3.03. The van der Waals surface area contributed by atoms with Gasteiger partial charge in [0, 0.05) is 5.92 Å². The van der Waals surface area contributed by atoms with Gasteiger partial charge in [-0.15, -0.1) is 0 Å². The average Bonchev–Trinajstić information content (AvgIpc) is 2.27. The maximum absolute atomic E-state index is 10.9. The van der Waals surface area contributed by atoms with Crippen molar-refractivity contribution in [2.75, 3.05) is 6.54 Å². The maximum Gasteiger partial charge on any atom is 0.233 e. The van der Waals surface area contributed by atoms with Crippen molar-refractivity contribution >= 4 is 12.7 Å². The first kappa shape index (κ1) is 14.2. The van der Waals surface area contributed by atoms with E-state index in [0.29, 0.717) is 12.5 Å². The molecule has 1 saturated carbocycles. The highest BCUT2D eigenvalue weighted by Gasteiger charge is 2.24. The van der Waals surface area contributed by atoms with Gasteiger partial charge in [0.1, 0.15) is 6.29 Å². The van der Waals surface area contributed by atoms with Gasteiger partial charge in [0.2, 0.25) is 6.41 Å². The molecule has 0 aromatic carbocycles. The number of carbonyl (C=O) groups is 2. The van der Waals surface area contributed by atoms with Crippen LogP contribution in [0.25, 0.3) is 0 Å². The van der Waals surface area contributed by atoms with Gasteiger partial charge in [-0.25, -0.2) is 5.06 Å². The summed E-state index contributed by atoms with van der Waals surface area (Å²) in [6.45, 7) is 6.40. The molecule has 0 atom stereocenters. The zero-order chi connectivity index (χ0) is 12.9. The topological polar surface area (TPSA) is 46.6 Å². The zero-order valence-corrected chi connectivity index (χ0v) is 11.0. The van der Waals surface area contributed by atoms with Crippen LogP contribution in [0.4, 0.5) is 0 Å². The number of hydrogen-bond acceptors (Lipinski definition) is 3. The van der Waals surface area contributed by atoms with E-state index < -0.39 is 0 Å². The SMILES string of the molecule is CC(C)(C)ON(C=O)C[C@H]1CC[C@H](C=O)CC1. The molecule has 0 radical (unpaired) electrons. The Hall–Kier alpha value is -0.900. The fourth-order valence-corrected chi connectivity index (χ4v) is 2.21. The van der Waals surface area contributed by atoms with E-state index in [2.05, 4.69) is 0 Å². The summed E-state index contributed by atoms with van der Waals surface area (Å²) in [5, 5.41) is 1.39. The fourth-order valence-electron chi connectivity index (χ4n) is 2.21. The molecule has 0 N–H and O–H groups in total. The lowest BCUT2D eigenvalue weighted by molar-refractivity contribution is -0.220. The van der Waals surface area contributed by atoms with E-state index in [1.54, 1.807) is 0 Å². The molecule has 1 aliphatic carbocycles. The van der Waals surface area contributed by atoms with Crippen LogP contribution < -0.4 is 0 Å². The van der Waals surface area contributed by atoms with E-state index in [4.69, 9.17) is 4.84 Å². The molecule has 0 aromatic rings. The fraction of sp³-hybridized carbons (Fsp3) is 0.846. The van der Waals surface area contributed by atoms with Gasteiger partial charge in [-0.05, 0) is 52.4 Å². The Kier molecular flexibility index (Phi) is 5.12. The maximum atomic E-state index is 10.9. The minimum Gasteiger partial charge on any atom is -0.303 e. The molecule has 0 aromatic heterocycles. The lowest BCUT2D eigenvalue weighted by atomic mass is 9.83. The van der Waals surface area contributed by atoms with Crippen molar-refractivity contribution in [3.05, 3.63) is 0 Å². The molecule has 1 aliphatic rings. The van der Waals surface area contributed by atoms with Crippen molar-refractivity contribution < 1.29 is 14.4 Å². The Morgan fingerprint density at radius 2 is 1.76 bits per heavy atom. The van der Waals surface area contributed by atoms with Crippen molar-refractivity contribution in [1.82, 2.24) is 5.06 Å². The van der Waals surface area contributed by atoms with Gasteiger partial charge in [0.05, 0.1) is 12.1 Å². The predicted molar refractivity (Wildman–Crippen MR) is 65.1 cm³/mol. The van der Waals surface area contributed by atoms with Crippen LogP contribution in [0.15, 0.2) is 0 Å². The van der Waals surface area contributed by atoms with Gasteiger partial charge in [-0.3, -0.25) is 9.63 Å². The number of nitrogens with zero attached hydrogens (tertiary/aromatic N) is 1. The summed E-state index contributed by atoms with van der Waals surface area (Å²) in [5.41, 5.74) is -0.346. The highest BCUT2D eigenvalue weighted by molar-refractivity contribution is 5.53. The van der Waals surface area contributed by atoms with Crippen LogP contribution in [0.1, 0.15) is 46.5 Å². The van der Waals surface area contributed by atoms with Crippen molar-refractivity contribution in [3.8, 4) is 0 Å². The molecule has 17 heavy (non-hydrogen) atoms. The summed E-state index contributed by atoms with van der Waals surface area (Å²) in [6, 6.07) is 0. The standard InChI is InChI=1S/C13H23NO3/c1-13(2,3)17-14(10-16)8-11-4-6-12(9-15)7-5-11/h9-12H,4-8H2,1-3H3/t11-,12-. The van der Waals surface area contributed by atoms with E-state index in [1.165, 1.54) is 5.06 Å². The second-order valence-electron chi connectivity index (χ2n) is 5.83. The van der Waals surface area contributed by atoms with Gasteiger partial charge in [-0.1, -0.05) is 0 Å². The summed E-state index contributed by atoms with van der Waals surface area (Å²) in [4.78, 5) is 27.1. The zero-order valence-electron chi connectivity index (χ0n) is 11.0. The Labute approximate surface area is 103 Å². The first-order valence-corrected chi connectivity index (χ1v) is 6.31. The van der Waals surface area contributed by atoms with Gasteiger partial charge < -0.3 is 4.79 Å². The summed E-state index contributed by atoms with van der Waals surface area (Å²) < 4.78 is 0. The Morgan fingerprint density at radius 1 is 1.18 bits per heavy atom. The first-order chi connectivity index (χ1) is 7.94. The molecule has 1 rings (SSSR count). The lowest BCUT2D eigenvalue weighted by Gasteiger charge is -2.32. The molecule has 1 amide bonds. The van der Waals surface area contributed by atoms with Crippen LogP contribution in [0.2, 0.25) is 0 Å². The van der Waals surface area contributed by atoms with Crippen LogP contribution in [0, 0.1) is 11.8 Å². The van der Waals surface area contributed by atoms with Crippen LogP contribution in [0.5, 0.6) is 0 Å². The Balaban J connectivity index is 2.37. The normalized spacial score (nSPS) is 25.4. The summed E-state index contributed by atoms with van der Waals surface area (Å²) in [7, 11) is 0. The highest BCUT2D eigenvalue weighted by atomic mass is 16.7. The average molecular weight is 241 g/mol.